The maximum absolute atomic E-state index is 14.5. The topological polar surface area (TPSA) is 300 Å². The van der Waals surface area contributed by atoms with Gasteiger partial charge in [0, 0.05) is 69.1 Å². The van der Waals surface area contributed by atoms with Crippen molar-refractivity contribution in [2.45, 2.75) is 122 Å². The van der Waals surface area contributed by atoms with Gasteiger partial charge in [0.05, 0.1) is 29.8 Å². The molecule has 1 aliphatic heterocycles. The average Bonchev–Trinajstić information content (AvgIpc) is 2.73. The van der Waals surface area contributed by atoms with Crippen LogP contribution < -0.4 is 37.0 Å². The minimum absolute atomic E-state index is 0.0388. The van der Waals surface area contributed by atoms with Crippen LogP contribution in [0.15, 0.2) is 109 Å². The minimum atomic E-state index is -0.875. The van der Waals surface area contributed by atoms with Crippen molar-refractivity contribution in [3.8, 4) is 11.5 Å². The number of ketones is 1. The zero-order valence-corrected chi connectivity index (χ0v) is 49.7. The molecule has 1 aliphatic carbocycles. The van der Waals surface area contributed by atoms with Crippen molar-refractivity contribution in [1.29, 1.82) is 10.8 Å². The monoisotopic (exact) mass is 1170 g/mol. The number of hydrogen-bond donors (Lipinski definition) is 7. The minimum Gasteiger partial charge on any atom is -0.494 e. The second kappa shape index (κ2) is 30.2. The van der Waals surface area contributed by atoms with Crippen LogP contribution in [0.3, 0.4) is 0 Å². The molecule has 84 heavy (non-hydrogen) atoms. The van der Waals surface area contributed by atoms with Gasteiger partial charge in [0.15, 0.2) is 5.84 Å². The Morgan fingerprint density at radius 2 is 1.62 bits per heavy atom. The van der Waals surface area contributed by atoms with E-state index in [1.165, 1.54) is 39.5 Å². The zero-order chi connectivity index (χ0) is 60.3. The molecular formula is C61H80N14O8S. The van der Waals surface area contributed by atoms with E-state index in [2.05, 4.69) is 30.9 Å². The molecule has 3 heterocycles. The number of nitrogens with one attached hydrogen (secondary N) is 5. The molecule has 23 heteroatoms. The molecule has 5 aromatic rings. The Morgan fingerprint density at radius 1 is 0.881 bits per heavy atom. The van der Waals surface area contributed by atoms with Gasteiger partial charge in [-0.3, -0.25) is 34.9 Å². The van der Waals surface area contributed by atoms with Crippen LogP contribution >= 0.6 is 11.3 Å². The van der Waals surface area contributed by atoms with E-state index in [4.69, 9.17) is 36.6 Å². The highest BCUT2D eigenvalue weighted by Gasteiger charge is 2.41. The summed E-state index contributed by atoms with van der Waals surface area (Å²) in [6.45, 7) is 8.91. The predicted molar refractivity (Wildman–Crippen MR) is 323 cm³/mol. The Labute approximate surface area is 495 Å². The number of likely N-dealkylation sites (tertiary alicyclic amines) is 1. The normalized spacial score (nSPS) is 15.2. The summed E-state index contributed by atoms with van der Waals surface area (Å²) >= 11 is 1.26. The third-order valence-corrected chi connectivity index (χ3v) is 15.7. The number of hydrogen-bond acceptors (Lipinski definition) is 18. The van der Waals surface area contributed by atoms with E-state index in [-0.39, 0.29) is 54.4 Å². The van der Waals surface area contributed by atoms with Gasteiger partial charge < -0.3 is 50.7 Å². The van der Waals surface area contributed by atoms with Crippen LogP contribution in [0, 0.1) is 16.7 Å². The average molecular weight is 1170 g/mol. The molecule has 1 saturated carbocycles. The number of benzene rings is 3. The first-order valence-electron chi connectivity index (χ1n) is 28.5. The summed E-state index contributed by atoms with van der Waals surface area (Å²) in [4.78, 5) is 85.6. The Hall–Kier alpha value is -8.44. The van der Waals surface area contributed by atoms with Gasteiger partial charge in [-0.25, -0.2) is 25.6 Å². The molecule has 9 N–H and O–H groups in total. The van der Waals surface area contributed by atoms with Crippen LogP contribution in [0.25, 0.3) is 0 Å². The molecule has 22 nitrogen and oxygen atoms in total. The number of carbonyl (C=O) groups excluding carboxylic acids is 5. The number of ether oxygens (including phenoxy) is 3. The van der Waals surface area contributed by atoms with Gasteiger partial charge in [-0.1, -0.05) is 49.6 Å². The third kappa shape index (κ3) is 18.3. The SMILES string of the molecule is CC(C(=O)N[C@H](C(=O)N1CCCC1c1ncc(C(=O)c2cccc(OC/C(N)=C/N(N)CCCCCOc3cccc(CNC(=O)c4cccc(NCC(=N)N(C)C(=N)c5ccncn5)c4)c3)c2)s1)C1CCCCC1)N(C)C(=O)OC(C)(C)C. The van der Waals surface area contributed by atoms with Gasteiger partial charge in [0.1, 0.15) is 58.7 Å². The first kappa shape index (κ1) is 63.1. The number of thiazole rings is 1. The van der Waals surface area contributed by atoms with Crippen molar-refractivity contribution in [3.63, 3.8) is 0 Å². The van der Waals surface area contributed by atoms with Gasteiger partial charge in [0.2, 0.25) is 17.6 Å². The van der Waals surface area contributed by atoms with Crippen LogP contribution in [0.1, 0.15) is 140 Å². The molecule has 2 unspecified atom stereocenters. The smallest absolute Gasteiger partial charge is 0.410 e. The largest absolute Gasteiger partial charge is 0.494 e. The van der Waals surface area contributed by atoms with Gasteiger partial charge in [-0.05, 0) is 133 Å². The molecule has 2 aliphatic rings. The second-order valence-corrected chi connectivity index (χ2v) is 23.2. The Balaban J connectivity index is 0.811. The fourth-order valence-corrected chi connectivity index (χ4v) is 10.8. The number of unbranched alkanes of at least 4 members (excludes halogenated alkanes) is 2. The number of anilines is 1. The molecule has 0 bridgehead atoms. The number of rotatable bonds is 26. The summed E-state index contributed by atoms with van der Waals surface area (Å²) in [5.41, 5.74) is 8.78. The number of aromatic nitrogens is 3. The van der Waals surface area contributed by atoms with Crippen molar-refractivity contribution < 1.29 is 38.2 Å². The van der Waals surface area contributed by atoms with Crippen molar-refractivity contribution in [2.75, 3.05) is 52.3 Å². The highest BCUT2D eigenvalue weighted by molar-refractivity contribution is 7.14. The predicted octanol–water partition coefficient (Wildman–Crippen LogP) is 8.03. The standard InChI is InChI=1S/C61H80N14O8S/c1-40(72(5)60(80)83-61(2,3)4)56(77)71-53(42-18-9-7-10-19-42)59(79)75-29-16-25-50(75)58-69-35-51(84-58)54(76)43-20-15-24-48(33-43)82-38-45(62)37-74(65)28-11-8-12-30-81-47-23-13-17-41(31-47)34-68-57(78)44-21-14-22-46(32-44)67-36-52(63)73(6)55(64)49-26-27-66-39-70-49/h13-15,17,20-24,26-27,31-33,35,37,39-40,42,50,53,63-64,67H,7-12,16,18-19,25,28-30,34,36,38,62,65H2,1-6H3,(H,68,78)(H,71,77)/b45-37-,63-52?,64-55?/t40?,50?,53-/m0/s1. The molecule has 7 rings (SSSR count). The summed E-state index contributed by atoms with van der Waals surface area (Å²) in [6, 6.07) is 21.1. The first-order chi connectivity index (χ1) is 40.2. The van der Waals surface area contributed by atoms with Crippen LogP contribution in [-0.4, -0.2) is 141 Å². The van der Waals surface area contributed by atoms with Crippen LogP contribution in [0.5, 0.6) is 11.5 Å². The van der Waals surface area contributed by atoms with Crippen LogP contribution in [-0.2, 0) is 20.9 Å². The van der Waals surface area contributed by atoms with Crippen molar-refractivity contribution in [1.82, 2.24) is 45.3 Å². The molecule has 3 aromatic carbocycles. The molecule has 3 atom stereocenters. The van der Waals surface area contributed by atoms with E-state index in [0.29, 0.717) is 82.3 Å². The second-order valence-electron chi connectivity index (χ2n) is 22.1. The lowest BCUT2D eigenvalue weighted by Crippen LogP contribution is -2.56. The zero-order valence-electron chi connectivity index (χ0n) is 48.9. The third-order valence-electron chi connectivity index (χ3n) is 14.6. The quantitative estimate of drug-likeness (QED) is 0.00688. The molecular weight excluding hydrogens is 1090 g/mol. The summed E-state index contributed by atoms with van der Waals surface area (Å²) in [6.07, 6.45) is 13.9. The summed E-state index contributed by atoms with van der Waals surface area (Å²) in [5, 5.41) is 28.1. The van der Waals surface area contributed by atoms with Crippen molar-refractivity contribution in [3.05, 3.63) is 142 Å². The maximum Gasteiger partial charge on any atom is 0.410 e. The molecule has 1 saturated heterocycles. The van der Waals surface area contributed by atoms with E-state index >= 15 is 0 Å². The van der Waals surface area contributed by atoms with Gasteiger partial charge in [-0.2, -0.15) is 0 Å². The van der Waals surface area contributed by atoms with Gasteiger partial charge in [0.25, 0.3) is 5.91 Å². The molecule has 4 amide bonds. The maximum atomic E-state index is 14.5. The number of nitrogens with two attached hydrogens (primary N) is 2. The lowest BCUT2D eigenvalue weighted by atomic mass is 9.83. The van der Waals surface area contributed by atoms with Gasteiger partial charge >= 0.3 is 6.09 Å². The number of likely N-dealkylation sites (N-methyl/N-ethyl adjacent to an activating group) is 2. The Kier molecular flexibility index (Phi) is 22.7. The first-order valence-corrected chi connectivity index (χ1v) is 29.3. The fourth-order valence-electron chi connectivity index (χ4n) is 9.76. The molecule has 2 fully saturated rings. The molecule has 448 valence electrons. The number of amidine groups is 2. The summed E-state index contributed by atoms with van der Waals surface area (Å²) in [5.74, 6) is 6.49. The summed E-state index contributed by atoms with van der Waals surface area (Å²) in [7, 11) is 3.14. The van der Waals surface area contributed by atoms with E-state index in [9.17, 15) is 24.0 Å². The lowest BCUT2D eigenvalue weighted by Gasteiger charge is -2.36. The van der Waals surface area contributed by atoms with E-state index < -0.39 is 29.7 Å². The lowest BCUT2D eigenvalue weighted by molar-refractivity contribution is -0.140. The van der Waals surface area contributed by atoms with Crippen molar-refractivity contribution in [2.24, 2.45) is 17.5 Å². The highest BCUT2D eigenvalue weighted by atomic mass is 32.1. The van der Waals surface area contributed by atoms with Gasteiger partial charge in [-0.15, -0.1) is 11.3 Å². The van der Waals surface area contributed by atoms with Crippen LogP contribution in [0.4, 0.5) is 10.5 Å². The number of amides is 4. The van der Waals surface area contributed by atoms with E-state index in [1.54, 1.807) is 107 Å². The summed E-state index contributed by atoms with van der Waals surface area (Å²) < 4.78 is 17.5. The van der Waals surface area contributed by atoms with Crippen LogP contribution in [0.2, 0.25) is 0 Å². The van der Waals surface area contributed by atoms with E-state index in [0.717, 1.165) is 63.4 Å². The molecule has 0 radical (unpaired) electrons. The van der Waals surface area contributed by atoms with E-state index in [1.807, 2.05) is 30.3 Å². The molecule has 2 aromatic heterocycles. The Morgan fingerprint density at radius 3 is 2.37 bits per heavy atom. The highest BCUT2D eigenvalue weighted by Crippen LogP contribution is 2.37. The Bertz CT molecular complexity index is 3110. The molecule has 0 spiro atoms. The van der Waals surface area contributed by atoms with Crippen molar-refractivity contribution >= 4 is 58.3 Å². The number of nitrogens with zero attached hydrogens (tertiary/aromatic N) is 7. The number of hydrazine groups is 1. The number of carbonyl (C=O) groups is 5. The fraction of sp³-hybridized carbons (Fsp3) is 0.443.